The zero-order chi connectivity index (χ0) is 18.6. The van der Waals surface area contributed by atoms with Gasteiger partial charge in [-0.2, -0.15) is 5.10 Å². The maximum atomic E-state index is 6.03. The number of aromatic nitrogens is 5. The molecule has 8 nitrogen and oxygen atoms in total. The minimum absolute atomic E-state index is 0.0551. The van der Waals surface area contributed by atoms with Crippen LogP contribution in [-0.4, -0.2) is 51.0 Å². The van der Waals surface area contributed by atoms with Crippen molar-refractivity contribution >= 4 is 5.95 Å². The first-order chi connectivity index (χ1) is 13.2. The highest BCUT2D eigenvalue weighted by Crippen LogP contribution is 2.29. The zero-order valence-corrected chi connectivity index (χ0v) is 15.4. The molecule has 0 bridgehead atoms. The molecule has 0 aromatic carbocycles. The van der Waals surface area contributed by atoms with Crippen molar-refractivity contribution in [3.05, 3.63) is 42.9 Å². The molecule has 1 atom stereocenters. The van der Waals surface area contributed by atoms with E-state index in [0.29, 0.717) is 24.1 Å². The van der Waals surface area contributed by atoms with Gasteiger partial charge in [-0.3, -0.25) is 4.68 Å². The van der Waals surface area contributed by atoms with Gasteiger partial charge in [0.15, 0.2) is 5.75 Å². The quantitative estimate of drug-likeness (QED) is 0.686. The average Bonchev–Trinajstić information content (AvgIpc) is 3.14. The Morgan fingerprint density at radius 2 is 2.07 bits per heavy atom. The SMILES string of the molecule is COc1cnc(N2CCCC(Oc3ccccn3)C2)nc1-c1ccnn1C. The largest absolute Gasteiger partial charge is 0.493 e. The predicted molar refractivity (Wildman–Crippen MR) is 101 cm³/mol. The van der Waals surface area contributed by atoms with Crippen molar-refractivity contribution in [2.24, 2.45) is 7.05 Å². The lowest BCUT2D eigenvalue weighted by Crippen LogP contribution is -2.42. The number of hydrogen-bond donors (Lipinski definition) is 0. The zero-order valence-electron chi connectivity index (χ0n) is 15.4. The normalized spacial score (nSPS) is 17.0. The average molecular weight is 366 g/mol. The number of pyridine rings is 1. The van der Waals surface area contributed by atoms with Gasteiger partial charge in [-0.25, -0.2) is 15.0 Å². The van der Waals surface area contributed by atoms with E-state index in [0.717, 1.165) is 30.8 Å². The summed E-state index contributed by atoms with van der Waals surface area (Å²) in [5.41, 5.74) is 1.61. The molecule has 1 aliphatic rings. The predicted octanol–water partition coefficient (Wildman–Crippen LogP) is 2.33. The summed E-state index contributed by atoms with van der Waals surface area (Å²) >= 11 is 0. The first-order valence-electron chi connectivity index (χ1n) is 8.96. The summed E-state index contributed by atoms with van der Waals surface area (Å²) in [7, 11) is 3.50. The van der Waals surface area contributed by atoms with E-state index in [2.05, 4.69) is 20.0 Å². The molecule has 0 N–H and O–H groups in total. The van der Waals surface area contributed by atoms with E-state index < -0.39 is 0 Å². The number of aryl methyl sites for hydroxylation is 1. The number of methoxy groups -OCH3 is 1. The Labute approximate surface area is 157 Å². The van der Waals surface area contributed by atoms with Gasteiger partial charge >= 0.3 is 0 Å². The third-order valence-corrected chi connectivity index (χ3v) is 4.61. The highest BCUT2D eigenvalue weighted by atomic mass is 16.5. The van der Waals surface area contributed by atoms with Gasteiger partial charge in [0.2, 0.25) is 11.8 Å². The van der Waals surface area contributed by atoms with E-state index in [1.807, 2.05) is 31.3 Å². The van der Waals surface area contributed by atoms with Crippen molar-refractivity contribution in [2.75, 3.05) is 25.1 Å². The van der Waals surface area contributed by atoms with E-state index >= 15 is 0 Å². The second-order valence-corrected chi connectivity index (χ2v) is 6.42. The Morgan fingerprint density at radius 3 is 2.81 bits per heavy atom. The number of nitrogens with zero attached hydrogens (tertiary/aromatic N) is 6. The number of ether oxygens (including phenoxy) is 2. The molecule has 1 aliphatic heterocycles. The van der Waals surface area contributed by atoms with Gasteiger partial charge in [0.1, 0.15) is 11.8 Å². The lowest BCUT2D eigenvalue weighted by atomic mass is 10.1. The fourth-order valence-corrected chi connectivity index (χ4v) is 3.26. The van der Waals surface area contributed by atoms with Crippen molar-refractivity contribution < 1.29 is 9.47 Å². The Kier molecular flexibility index (Phi) is 4.86. The molecule has 1 saturated heterocycles. The summed E-state index contributed by atoms with van der Waals surface area (Å²) in [6.07, 6.45) is 7.25. The molecule has 0 aliphatic carbocycles. The molecule has 140 valence electrons. The summed E-state index contributed by atoms with van der Waals surface area (Å²) in [6.45, 7) is 1.60. The first kappa shape index (κ1) is 17.3. The molecule has 4 rings (SSSR count). The van der Waals surface area contributed by atoms with E-state index in [-0.39, 0.29) is 6.10 Å². The molecule has 3 aromatic heterocycles. The van der Waals surface area contributed by atoms with Crippen LogP contribution in [0.15, 0.2) is 42.9 Å². The van der Waals surface area contributed by atoms with Crippen LogP contribution >= 0.6 is 0 Å². The van der Waals surface area contributed by atoms with Gasteiger partial charge in [-0.15, -0.1) is 0 Å². The summed E-state index contributed by atoms with van der Waals surface area (Å²) in [4.78, 5) is 15.7. The Bertz CT molecular complexity index is 898. The van der Waals surface area contributed by atoms with Gasteiger partial charge in [0, 0.05) is 32.1 Å². The van der Waals surface area contributed by atoms with Gasteiger partial charge in [-0.05, 0) is 25.0 Å². The fraction of sp³-hybridized carbons (Fsp3) is 0.368. The number of hydrogen-bond acceptors (Lipinski definition) is 7. The summed E-state index contributed by atoms with van der Waals surface area (Å²) in [5, 5.41) is 4.23. The van der Waals surface area contributed by atoms with Gasteiger partial charge in [-0.1, -0.05) is 6.07 Å². The highest BCUT2D eigenvalue weighted by molar-refractivity contribution is 5.63. The highest BCUT2D eigenvalue weighted by Gasteiger charge is 2.25. The Hall–Kier alpha value is -3.16. The van der Waals surface area contributed by atoms with E-state index in [1.165, 1.54) is 0 Å². The molecular weight excluding hydrogens is 344 g/mol. The first-order valence-corrected chi connectivity index (χ1v) is 8.96. The minimum Gasteiger partial charge on any atom is -0.493 e. The van der Waals surface area contributed by atoms with Crippen molar-refractivity contribution in [3.63, 3.8) is 0 Å². The van der Waals surface area contributed by atoms with Crippen molar-refractivity contribution in [1.29, 1.82) is 0 Å². The Morgan fingerprint density at radius 1 is 1.15 bits per heavy atom. The van der Waals surface area contributed by atoms with E-state index in [9.17, 15) is 0 Å². The molecular formula is C19H22N6O2. The van der Waals surface area contributed by atoms with Crippen LogP contribution in [0.25, 0.3) is 11.4 Å². The third kappa shape index (κ3) is 3.69. The van der Waals surface area contributed by atoms with Crippen LogP contribution in [0.5, 0.6) is 11.6 Å². The molecule has 4 heterocycles. The molecule has 0 radical (unpaired) electrons. The molecule has 0 spiro atoms. The van der Waals surface area contributed by atoms with Crippen LogP contribution in [0.3, 0.4) is 0 Å². The van der Waals surface area contributed by atoms with Crippen LogP contribution in [-0.2, 0) is 7.05 Å². The summed E-state index contributed by atoms with van der Waals surface area (Å²) in [5.74, 6) is 1.94. The van der Waals surface area contributed by atoms with Crippen molar-refractivity contribution in [1.82, 2.24) is 24.7 Å². The fourth-order valence-electron chi connectivity index (χ4n) is 3.26. The van der Waals surface area contributed by atoms with E-state index in [4.69, 9.17) is 14.5 Å². The van der Waals surface area contributed by atoms with Crippen LogP contribution in [0.2, 0.25) is 0 Å². The third-order valence-electron chi connectivity index (χ3n) is 4.61. The minimum atomic E-state index is 0.0551. The lowest BCUT2D eigenvalue weighted by molar-refractivity contribution is 0.171. The van der Waals surface area contributed by atoms with Gasteiger partial charge in [0.25, 0.3) is 0 Å². The monoisotopic (exact) mass is 366 g/mol. The second-order valence-electron chi connectivity index (χ2n) is 6.42. The van der Waals surface area contributed by atoms with Gasteiger partial charge in [0.05, 0.1) is 25.5 Å². The van der Waals surface area contributed by atoms with Crippen LogP contribution in [0.1, 0.15) is 12.8 Å². The lowest BCUT2D eigenvalue weighted by Gasteiger charge is -2.32. The van der Waals surface area contributed by atoms with Crippen molar-refractivity contribution in [3.8, 4) is 23.0 Å². The second kappa shape index (κ2) is 7.61. The number of piperidine rings is 1. The molecule has 0 amide bonds. The van der Waals surface area contributed by atoms with Gasteiger partial charge < -0.3 is 14.4 Å². The van der Waals surface area contributed by atoms with E-state index in [1.54, 1.807) is 30.4 Å². The van der Waals surface area contributed by atoms with Crippen LogP contribution < -0.4 is 14.4 Å². The molecule has 8 heteroatoms. The standard InChI is InChI=1S/C19H22N6O2/c1-24-15(8-10-22-24)18-16(26-2)12-21-19(23-18)25-11-5-6-14(13-25)27-17-7-3-4-9-20-17/h3-4,7-10,12,14H,5-6,11,13H2,1-2H3. The molecule has 3 aromatic rings. The number of anilines is 1. The maximum absolute atomic E-state index is 6.03. The summed E-state index contributed by atoms with van der Waals surface area (Å²) < 4.78 is 13.3. The molecule has 0 saturated carbocycles. The molecule has 1 fully saturated rings. The molecule has 27 heavy (non-hydrogen) atoms. The number of rotatable bonds is 5. The Balaban J connectivity index is 1.56. The van der Waals surface area contributed by atoms with Crippen molar-refractivity contribution in [2.45, 2.75) is 18.9 Å². The topological polar surface area (TPSA) is 78.2 Å². The smallest absolute Gasteiger partial charge is 0.226 e. The molecule has 1 unspecified atom stereocenters. The van der Waals surface area contributed by atoms with Crippen LogP contribution in [0.4, 0.5) is 5.95 Å². The van der Waals surface area contributed by atoms with Crippen LogP contribution in [0, 0.1) is 0 Å². The maximum Gasteiger partial charge on any atom is 0.226 e. The summed E-state index contributed by atoms with van der Waals surface area (Å²) in [6, 6.07) is 7.60.